The lowest BCUT2D eigenvalue weighted by atomic mass is 10.4. The molecule has 2 aromatic rings. The first-order valence-electron chi connectivity index (χ1n) is 3.73. The van der Waals surface area contributed by atoms with Crippen molar-refractivity contribution in [2.24, 2.45) is 0 Å². The van der Waals surface area contributed by atoms with E-state index in [1.165, 1.54) is 11.3 Å². The van der Waals surface area contributed by atoms with Crippen LogP contribution in [0.2, 0.25) is 0 Å². The Morgan fingerprint density at radius 3 is 3.00 bits per heavy atom. The SMILES string of the molecule is Cc1cc(-c2nc(CCl)cs2)no1. The molecular formula is C8H7ClN2OS. The van der Waals surface area contributed by atoms with Crippen molar-refractivity contribution in [2.45, 2.75) is 12.8 Å². The van der Waals surface area contributed by atoms with Gasteiger partial charge < -0.3 is 4.52 Å². The number of halogens is 1. The molecule has 2 heterocycles. The molecule has 2 aromatic heterocycles. The highest BCUT2D eigenvalue weighted by molar-refractivity contribution is 7.13. The number of aromatic nitrogens is 2. The Labute approximate surface area is 84.3 Å². The number of thiazole rings is 1. The summed E-state index contributed by atoms with van der Waals surface area (Å²) in [6.45, 7) is 1.85. The minimum absolute atomic E-state index is 0.438. The van der Waals surface area contributed by atoms with Crippen LogP contribution in [0.3, 0.4) is 0 Å². The molecule has 0 spiro atoms. The number of nitrogens with zero attached hydrogens (tertiary/aromatic N) is 2. The summed E-state index contributed by atoms with van der Waals surface area (Å²) in [6, 6.07) is 1.86. The zero-order chi connectivity index (χ0) is 9.26. The van der Waals surface area contributed by atoms with Gasteiger partial charge in [-0.1, -0.05) is 5.16 Å². The summed E-state index contributed by atoms with van der Waals surface area (Å²) >= 11 is 7.16. The standard InChI is InChI=1S/C8H7ClN2OS/c1-5-2-7(11-12-5)8-10-6(3-9)4-13-8/h2,4H,3H2,1H3. The van der Waals surface area contributed by atoms with Crippen LogP contribution in [0.25, 0.3) is 10.7 Å². The van der Waals surface area contributed by atoms with E-state index in [-0.39, 0.29) is 0 Å². The lowest BCUT2D eigenvalue weighted by molar-refractivity contribution is 0.399. The Hall–Kier alpha value is -0.870. The Morgan fingerprint density at radius 2 is 2.46 bits per heavy atom. The predicted octanol–water partition coefficient (Wildman–Crippen LogP) is 2.85. The third-order valence-corrected chi connectivity index (χ3v) is 2.72. The molecule has 0 amide bonds. The monoisotopic (exact) mass is 214 g/mol. The van der Waals surface area contributed by atoms with Gasteiger partial charge in [0.05, 0.1) is 11.6 Å². The lowest BCUT2D eigenvalue weighted by Crippen LogP contribution is -1.78. The predicted molar refractivity (Wildman–Crippen MR) is 51.9 cm³/mol. The summed E-state index contributed by atoms with van der Waals surface area (Å²) in [5, 5.41) is 6.64. The molecule has 3 nitrogen and oxygen atoms in total. The maximum absolute atomic E-state index is 5.63. The normalized spacial score (nSPS) is 10.6. The second kappa shape index (κ2) is 3.47. The Balaban J connectivity index is 2.35. The van der Waals surface area contributed by atoms with Gasteiger partial charge in [0, 0.05) is 11.4 Å². The fourth-order valence-corrected chi connectivity index (χ4v) is 1.95. The number of alkyl halides is 1. The molecular weight excluding hydrogens is 208 g/mol. The van der Waals surface area contributed by atoms with Gasteiger partial charge in [0.15, 0.2) is 0 Å². The molecule has 0 aliphatic carbocycles. The lowest BCUT2D eigenvalue weighted by Gasteiger charge is -1.83. The fraction of sp³-hybridized carbons (Fsp3) is 0.250. The zero-order valence-electron chi connectivity index (χ0n) is 6.95. The van der Waals surface area contributed by atoms with E-state index in [0.717, 1.165) is 22.2 Å². The minimum Gasteiger partial charge on any atom is -0.361 e. The van der Waals surface area contributed by atoms with Crippen LogP contribution >= 0.6 is 22.9 Å². The molecule has 0 radical (unpaired) electrons. The smallest absolute Gasteiger partial charge is 0.145 e. The van der Waals surface area contributed by atoms with Crippen molar-refractivity contribution < 1.29 is 4.52 Å². The second-order valence-corrected chi connectivity index (χ2v) is 3.73. The van der Waals surface area contributed by atoms with Crippen LogP contribution in [0.4, 0.5) is 0 Å². The van der Waals surface area contributed by atoms with Crippen molar-refractivity contribution >= 4 is 22.9 Å². The molecule has 5 heteroatoms. The van der Waals surface area contributed by atoms with Crippen LogP contribution in [0.1, 0.15) is 11.5 Å². The van der Waals surface area contributed by atoms with Crippen molar-refractivity contribution in [3.8, 4) is 10.7 Å². The van der Waals surface area contributed by atoms with Crippen molar-refractivity contribution in [3.05, 3.63) is 22.9 Å². The fourth-order valence-electron chi connectivity index (χ4n) is 0.953. The zero-order valence-corrected chi connectivity index (χ0v) is 8.52. The van der Waals surface area contributed by atoms with Gasteiger partial charge in [0.2, 0.25) is 0 Å². The van der Waals surface area contributed by atoms with Crippen LogP contribution in [-0.2, 0) is 5.88 Å². The van der Waals surface area contributed by atoms with Gasteiger partial charge in [-0.3, -0.25) is 0 Å². The van der Waals surface area contributed by atoms with Crippen LogP contribution in [0.15, 0.2) is 16.0 Å². The van der Waals surface area contributed by atoms with E-state index in [9.17, 15) is 0 Å². The quantitative estimate of drug-likeness (QED) is 0.722. The Morgan fingerprint density at radius 1 is 1.62 bits per heavy atom. The van der Waals surface area contributed by atoms with Crippen molar-refractivity contribution in [1.29, 1.82) is 0 Å². The molecule has 13 heavy (non-hydrogen) atoms. The van der Waals surface area contributed by atoms with Gasteiger partial charge in [-0.2, -0.15) is 0 Å². The molecule has 0 N–H and O–H groups in total. The number of hydrogen-bond donors (Lipinski definition) is 0. The number of hydrogen-bond acceptors (Lipinski definition) is 4. The number of rotatable bonds is 2. The van der Waals surface area contributed by atoms with Crippen LogP contribution in [-0.4, -0.2) is 10.1 Å². The maximum atomic E-state index is 5.63. The first-order valence-corrected chi connectivity index (χ1v) is 5.15. The van der Waals surface area contributed by atoms with E-state index >= 15 is 0 Å². The van der Waals surface area contributed by atoms with Crippen LogP contribution in [0.5, 0.6) is 0 Å². The average Bonchev–Trinajstić information content (AvgIpc) is 2.71. The van der Waals surface area contributed by atoms with Crippen LogP contribution in [0, 0.1) is 6.92 Å². The van der Waals surface area contributed by atoms with Gasteiger partial charge in [0.25, 0.3) is 0 Å². The van der Waals surface area contributed by atoms with Crippen LogP contribution < -0.4 is 0 Å². The first-order chi connectivity index (χ1) is 6.29. The molecule has 0 aromatic carbocycles. The van der Waals surface area contributed by atoms with Crippen molar-refractivity contribution in [1.82, 2.24) is 10.1 Å². The molecule has 2 rings (SSSR count). The second-order valence-electron chi connectivity index (χ2n) is 2.60. The molecule has 0 unspecified atom stereocenters. The highest BCUT2D eigenvalue weighted by atomic mass is 35.5. The summed E-state index contributed by atoms with van der Waals surface area (Å²) in [7, 11) is 0. The summed E-state index contributed by atoms with van der Waals surface area (Å²) in [6.07, 6.45) is 0. The van der Waals surface area contributed by atoms with E-state index in [1.54, 1.807) is 0 Å². The third-order valence-electron chi connectivity index (χ3n) is 1.54. The molecule has 0 saturated heterocycles. The first kappa shape index (κ1) is 8.72. The Kier molecular flexibility index (Phi) is 2.33. The highest BCUT2D eigenvalue weighted by Crippen LogP contribution is 2.23. The Bertz CT molecular complexity index is 410. The molecule has 0 bridgehead atoms. The molecule has 68 valence electrons. The van der Waals surface area contributed by atoms with Gasteiger partial charge in [-0.15, -0.1) is 22.9 Å². The van der Waals surface area contributed by atoms with E-state index in [4.69, 9.17) is 16.1 Å². The van der Waals surface area contributed by atoms with Gasteiger partial charge in [-0.05, 0) is 6.92 Å². The summed E-state index contributed by atoms with van der Waals surface area (Å²) in [5.41, 5.74) is 1.65. The third kappa shape index (κ3) is 1.73. The average molecular weight is 215 g/mol. The van der Waals surface area contributed by atoms with Crippen molar-refractivity contribution in [3.63, 3.8) is 0 Å². The van der Waals surface area contributed by atoms with Gasteiger partial charge in [0.1, 0.15) is 16.5 Å². The van der Waals surface area contributed by atoms with Gasteiger partial charge >= 0.3 is 0 Å². The van der Waals surface area contributed by atoms with E-state index in [1.807, 2.05) is 18.4 Å². The molecule has 0 atom stereocenters. The summed E-state index contributed by atoms with van der Waals surface area (Å²) in [5.74, 6) is 1.23. The topological polar surface area (TPSA) is 38.9 Å². The summed E-state index contributed by atoms with van der Waals surface area (Å²) < 4.78 is 4.95. The van der Waals surface area contributed by atoms with E-state index < -0.39 is 0 Å². The van der Waals surface area contributed by atoms with Crippen molar-refractivity contribution in [2.75, 3.05) is 0 Å². The summed E-state index contributed by atoms with van der Waals surface area (Å²) in [4.78, 5) is 4.28. The highest BCUT2D eigenvalue weighted by Gasteiger charge is 2.07. The van der Waals surface area contributed by atoms with Gasteiger partial charge in [-0.25, -0.2) is 4.98 Å². The van der Waals surface area contributed by atoms with E-state index in [2.05, 4.69) is 10.1 Å². The maximum Gasteiger partial charge on any atom is 0.145 e. The molecule has 0 aliphatic rings. The minimum atomic E-state index is 0.438. The molecule has 0 aliphatic heterocycles. The largest absolute Gasteiger partial charge is 0.361 e. The molecule has 0 fully saturated rings. The molecule has 0 saturated carbocycles. The number of aryl methyl sites for hydroxylation is 1. The van der Waals surface area contributed by atoms with E-state index in [0.29, 0.717) is 5.88 Å².